The standard InChI is InChI=1S/C19H19NO4S/c1-20(11-10-18(22)23)19(24)15-8-5-9-16(12-15)25-13-17(21)14-6-3-2-4-7-14/h2-9,12H,10-11,13H2,1H3,(H,22,23). The number of benzene rings is 2. The van der Waals surface area contributed by atoms with Crippen molar-refractivity contribution in [2.45, 2.75) is 11.3 Å². The van der Waals surface area contributed by atoms with E-state index in [2.05, 4.69) is 0 Å². The third kappa shape index (κ3) is 5.76. The van der Waals surface area contributed by atoms with Gasteiger partial charge >= 0.3 is 5.97 Å². The van der Waals surface area contributed by atoms with Gasteiger partial charge in [-0.3, -0.25) is 14.4 Å². The van der Waals surface area contributed by atoms with Crippen LogP contribution in [-0.4, -0.2) is 47.0 Å². The van der Waals surface area contributed by atoms with Crippen LogP contribution in [0.15, 0.2) is 59.5 Å². The average Bonchev–Trinajstić information content (AvgIpc) is 2.64. The van der Waals surface area contributed by atoms with Gasteiger partial charge in [-0.1, -0.05) is 36.4 Å². The number of carboxylic acids is 1. The minimum absolute atomic E-state index is 0.0286. The second kappa shape index (κ2) is 9.03. The van der Waals surface area contributed by atoms with Crippen molar-refractivity contribution in [3.05, 3.63) is 65.7 Å². The number of carbonyl (C=O) groups is 3. The predicted molar refractivity (Wildman–Crippen MR) is 97.2 cm³/mol. The molecule has 2 rings (SSSR count). The lowest BCUT2D eigenvalue weighted by molar-refractivity contribution is -0.137. The van der Waals surface area contributed by atoms with Crippen LogP contribution < -0.4 is 0 Å². The number of hydrogen-bond acceptors (Lipinski definition) is 4. The number of Topliss-reactive ketones (excluding diaryl/α,β-unsaturated/α-hetero) is 1. The fourth-order valence-corrected chi connectivity index (χ4v) is 3.01. The molecule has 0 saturated heterocycles. The number of carbonyl (C=O) groups excluding carboxylic acids is 2. The second-order valence-electron chi connectivity index (χ2n) is 5.48. The fourth-order valence-electron chi connectivity index (χ4n) is 2.16. The topological polar surface area (TPSA) is 74.7 Å². The van der Waals surface area contributed by atoms with Crippen molar-refractivity contribution >= 4 is 29.4 Å². The van der Waals surface area contributed by atoms with Crippen molar-refractivity contribution in [2.75, 3.05) is 19.3 Å². The molecule has 1 N–H and O–H groups in total. The Balaban J connectivity index is 1.97. The number of ketones is 1. The Hall–Kier alpha value is -2.60. The van der Waals surface area contributed by atoms with Crippen LogP contribution in [0.2, 0.25) is 0 Å². The van der Waals surface area contributed by atoms with Gasteiger partial charge in [-0.2, -0.15) is 0 Å². The van der Waals surface area contributed by atoms with Crippen LogP contribution in [-0.2, 0) is 4.79 Å². The zero-order chi connectivity index (χ0) is 18.2. The second-order valence-corrected chi connectivity index (χ2v) is 6.52. The molecule has 0 heterocycles. The lowest BCUT2D eigenvalue weighted by Gasteiger charge is -2.16. The maximum absolute atomic E-state index is 12.3. The van der Waals surface area contributed by atoms with Gasteiger partial charge < -0.3 is 10.0 Å². The Bertz CT molecular complexity index is 761. The Morgan fingerprint density at radius 2 is 1.68 bits per heavy atom. The summed E-state index contributed by atoms with van der Waals surface area (Å²) >= 11 is 1.37. The Kier molecular flexibility index (Phi) is 6.77. The maximum atomic E-state index is 12.3. The predicted octanol–water partition coefficient (Wildman–Crippen LogP) is 3.21. The minimum atomic E-state index is -0.941. The van der Waals surface area contributed by atoms with Crippen LogP contribution in [0.4, 0.5) is 0 Å². The van der Waals surface area contributed by atoms with Crippen molar-refractivity contribution < 1.29 is 19.5 Å². The van der Waals surface area contributed by atoms with E-state index in [1.54, 1.807) is 37.4 Å². The third-order valence-corrected chi connectivity index (χ3v) is 4.55. The summed E-state index contributed by atoms with van der Waals surface area (Å²) in [6.07, 6.45) is -0.0950. The lowest BCUT2D eigenvalue weighted by Crippen LogP contribution is -2.29. The first-order valence-electron chi connectivity index (χ1n) is 7.75. The Labute approximate surface area is 150 Å². The highest BCUT2D eigenvalue weighted by molar-refractivity contribution is 8.00. The number of carboxylic acid groups (broad SMARTS) is 1. The van der Waals surface area contributed by atoms with Gasteiger partial charge in [-0.15, -0.1) is 11.8 Å². The van der Waals surface area contributed by atoms with E-state index in [9.17, 15) is 14.4 Å². The minimum Gasteiger partial charge on any atom is -0.481 e. The van der Waals surface area contributed by atoms with E-state index in [0.29, 0.717) is 11.1 Å². The number of aliphatic carboxylic acids is 1. The molecule has 2 aromatic rings. The molecule has 0 saturated carbocycles. The molecule has 1 amide bonds. The van der Waals surface area contributed by atoms with Gasteiger partial charge in [0, 0.05) is 29.6 Å². The Morgan fingerprint density at radius 3 is 2.36 bits per heavy atom. The van der Waals surface area contributed by atoms with Crippen LogP contribution in [0, 0.1) is 0 Å². The molecule has 6 heteroatoms. The van der Waals surface area contributed by atoms with Crippen LogP contribution in [0.1, 0.15) is 27.1 Å². The quantitative estimate of drug-likeness (QED) is 0.580. The summed E-state index contributed by atoms with van der Waals surface area (Å²) in [5.41, 5.74) is 1.14. The summed E-state index contributed by atoms with van der Waals surface area (Å²) in [6, 6.07) is 16.1. The number of nitrogens with zero attached hydrogens (tertiary/aromatic N) is 1. The summed E-state index contributed by atoms with van der Waals surface area (Å²) in [4.78, 5) is 37.3. The van der Waals surface area contributed by atoms with Crippen LogP contribution in [0.3, 0.4) is 0 Å². The van der Waals surface area contributed by atoms with E-state index in [1.165, 1.54) is 16.7 Å². The van der Waals surface area contributed by atoms with E-state index in [-0.39, 0.29) is 30.4 Å². The SMILES string of the molecule is CN(CCC(=O)O)C(=O)c1cccc(SCC(=O)c2ccccc2)c1. The first-order chi connectivity index (χ1) is 12.0. The van der Waals surface area contributed by atoms with Crippen molar-refractivity contribution in [2.24, 2.45) is 0 Å². The van der Waals surface area contributed by atoms with Crippen LogP contribution in [0.5, 0.6) is 0 Å². The zero-order valence-electron chi connectivity index (χ0n) is 13.8. The highest BCUT2D eigenvalue weighted by Gasteiger charge is 2.14. The first-order valence-corrected chi connectivity index (χ1v) is 8.74. The maximum Gasteiger partial charge on any atom is 0.305 e. The summed E-state index contributed by atoms with van der Waals surface area (Å²) < 4.78 is 0. The number of rotatable bonds is 8. The van der Waals surface area contributed by atoms with Gasteiger partial charge in [0.25, 0.3) is 5.91 Å². The Morgan fingerprint density at radius 1 is 1.00 bits per heavy atom. The largest absolute Gasteiger partial charge is 0.481 e. The van der Waals surface area contributed by atoms with E-state index in [4.69, 9.17) is 5.11 Å². The summed E-state index contributed by atoms with van der Waals surface area (Å²) in [6.45, 7) is 0.151. The molecule has 0 bridgehead atoms. The van der Waals surface area contributed by atoms with Gasteiger partial charge in [-0.05, 0) is 18.2 Å². The highest BCUT2D eigenvalue weighted by Crippen LogP contribution is 2.21. The van der Waals surface area contributed by atoms with Gasteiger partial charge in [0.2, 0.25) is 0 Å². The summed E-state index contributed by atoms with van der Waals surface area (Å²) in [5.74, 6) is -0.862. The summed E-state index contributed by atoms with van der Waals surface area (Å²) in [5, 5.41) is 8.70. The molecule has 5 nitrogen and oxygen atoms in total. The van der Waals surface area contributed by atoms with Crippen LogP contribution >= 0.6 is 11.8 Å². The van der Waals surface area contributed by atoms with E-state index in [1.807, 2.05) is 24.3 Å². The molecule has 0 unspecified atom stereocenters. The van der Waals surface area contributed by atoms with Crippen molar-refractivity contribution in [3.8, 4) is 0 Å². The molecule has 25 heavy (non-hydrogen) atoms. The molecular formula is C19H19NO4S. The van der Waals surface area contributed by atoms with Crippen molar-refractivity contribution in [1.82, 2.24) is 4.90 Å². The number of thioether (sulfide) groups is 1. The van der Waals surface area contributed by atoms with E-state index < -0.39 is 5.97 Å². The van der Waals surface area contributed by atoms with Gasteiger partial charge in [0.15, 0.2) is 5.78 Å². The number of amides is 1. The summed E-state index contributed by atoms with van der Waals surface area (Å²) in [7, 11) is 1.57. The molecule has 0 spiro atoms. The number of hydrogen-bond donors (Lipinski definition) is 1. The molecule has 130 valence electrons. The monoisotopic (exact) mass is 357 g/mol. The molecule has 0 aliphatic heterocycles. The molecule has 2 aromatic carbocycles. The van der Waals surface area contributed by atoms with Crippen molar-refractivity contribution in [3.63, 3.8) is 0 Å². The van der Waals surface area contributed by atoms with Gasteiger partial charge in [-0.25, -0.2) is 0 Å². The molecule has 0 radical (unpaired) electrons. The van der Waals surface area contributed by atoms with Gasteiger partial charge in [0.1, 0.15) is 0 Å². The van der Waals surface area contributed by atoms with Crippen molar-refractivity contribution in [1.29, 1.82) is 0 Å². The van der Waals surface area contributed by atoms with E-state index in [0.717, 1.165) is 4.90 Å². The van der Waals surface area contributed by atoms with Crippen LogP contribution in [0.25, 0.3) is 0 Å². The normalized spacial score (nSPS) is 10.3. The lowest BCUT2D eigenvalue weighted by atomic mass is 10.2. The fraction of sp³-hybridized carbons (Fsp3) is 0.211. The molecular weight excluding hydrogens is 338 g/mol. The molecule has 0 aliphatic rings. The molecule has 0 fully saturated rings. The first kappa shape index (κ1) is 18.7. The highest BCUT2D eigenvalue weighted by atomic mass is 32.2. The molecule has 0 atom stereocenters. The smallest absolute Gasteiger partial charge is 0.305 e. The van der Waals surface area contributed by atoms with Gasteiger partial charge in [0.05, 0.1) is 12.2 Å². The third-order valence-electron chi connectivity index (χ3n) is 3.55. The molecule has 0 aromatic heterocycles. The zero-order valence-corrected chi connectivity index (χ0v) is 14.7. The molecule has 0 aliphatic carbocycles. The average molecular weight is 357 g/mol. The van der Waals surface area contributed by atoms with E-state index >= 15 is 0 Å².